The van der Waals surface area contributed by atoms with Crippen LogP contribution in [0.3, 0.4) is 0 Å². The highest BCUT2D eigenvalue weighted by atomic mass is 19.1. The Morgan fingerprint density at radius 3 is 1.34 bits per heavy atom. The first-order chi connectivity index (χ1) is 21.4. The van der Waals surface area contributed by atoms with Crippen LogP contribution in [0, 0.1) is 5.82 Å². The molecule has 0 amide bonds. The molecule has 3 aromatic carbocycles. The maximum atomic E-state index is 13.7. The van der Waals surface area contributed by atoms with Crippen LogP contribution >= 0.6 is 0 Å². The van der Waals surface area contributed by atoms with Gasteiger partial charge in [-0.1, -0.05) is 18.2 Å². The number of benzene rings is 3. The van der Waals surface area contributed by atoms with E-state index in [1.807, 2.05) is 18.2 Å². The van der Waals surface area contributed by atoms with Crippen LogP contribution in [0.2, 0.25) is 0 Å². The Morgan fingerprint density at radius 2 is 0.909 bits per heavy atom. The molecule has 0 bridgehead atoms. The van der Waals surface area contributed by atoms with E-state index >= 15 is 0 Å². The minimum absolute atomic E-state index is 0.103. The molecule has 2 heterocycles. The van der Waals surface area contributed by atoms with Gasteiger partial charge in [0.05, 0.1) is 13.2 Å². The van der Waals surface area contributed by atoms with Gasteiger partial charge < -0.3 is 47.8 Å². The maximum absolute atomic E-state index is 13.7. The fourth-order valence-electron chi connectivity index (χ4n) is 3.84. The van der Waals surface area contributed by atoms with Gasteiger partial charge in [0, 0.05) is 41.5 Å². The molecule has 0 fully saturated rings. The van der Waals surface area contributed by atoms with E-state index in [9.17, 15) is 14.6 Å². The molecule has 5 aromatic rings. The van der Waals surface area contributed by atoms with Crippen molar-refractivity contribution in [2.75, 3.05) is 63.9 Å². The number of aliphatic hydroxyl groups excluding tert-OH is 2. The quantitative estimate of drug-likeness (QED) is 0.0834. The predicted molar refractivity (Wildman–Crippen MR) is 168 cm³/mol. The Morgan fingerprint density at radius 1 is 0.523 bits per heavy atom. The highest BCUT2D eigenvalue weighted by Crippen LogP contribution is 2.24. The summed E-state index contributed by atoms with van der Waals surface area (Å²) >= 11 is 0. The molecular weight excluding hydrogens is 569 g/mol. The number of anilines is 11. The molecule has 15 nitrogen and oxygen atoms in total. The molecule has 226 valence electrons. The smallest absolute Gasteiger partial charge is 0.233 e. The number of nitrogens with one attached hydrogen (secondary N) is 6. The molecule has 2 aromatic heterocycles. The second kappa shape index (κ2) is 14.3. The fourth-order valence-corrected chi connectivity index (χ4v) is 3.84. The molecule has 0 atom stereocenters. The number of rotatable bonds is 14. The first-order valence-corrected chi connectivity index (χ1v) is 13.5. The number of hydrogen-bond donors (Lipinski definition) is 9. The van der Waals surface area contributed by atoms with Crippen LogP contribution in [0.15, 0.2) is 72.8 Å². The molecule has 0 unspecified atom stereocenters. The maximum Gasteiger partial charge on any atom is 0.233 e. The molecule has 16 heteroatoms. The predicted octanol–water partition coefficient (Wildman–Crippen LogP) is 3.56. The summed E-state index contributed by atoms with van der Waals surface area (Å²) in [6.45, 7) is 0.239. The number of hydrogen-bond acceptors (Lipinski definition) is 15. The van der Waals surface area contributed by atoms with Crippen molar-refractivity contribution in [1.29, 1.82) is 0 Å². The van der Waals surface area contributed by atoms with Crippen molar-refractivity contribution in [2.24, 2.45) is 0 Å². The largest absolute Gasteiger partial charge is 0.399 e. The molecule has 10 N–H and O–H groups in total. The lowest BCUT2D eigenvalue weighted by molar-refractivity contribution is 0.310. The zero-order valence-corrected chi connectivity index (χ0v) is 23.3. The van der Waals surface area contributed by atoms with Gasteiger partial charge in [-0.3, -0.25) is 0 Å². The van der Waals surface area contributed by atoms with Crippen molar-refractivity contribution >= 4 is 64.1 Å². The van der Waals surface area contributed by atoms with Crippen LogP contribution in [-0.2, 0) is 0 Å². The average Bonchev–Trinajstić information content (AvgIpc) is 2.99. The minimum atomic E-state index is -0.410. The van der Waals surface area contributed by atoms with Crippen LogP contribution in [0.1, 0.15) is 0 Å². The lowest BCUT2D eigenvalue weighted by Gasteiger charge is -2.13. The van der Waals surface area contributed by atoms with Gasteiger partial charge in [0.1, 0.15) is 5.82 Å². The van der Waals surface area contributed by atoms with Crippen LogP contribution in [0.25, 0.3) is 0 Å². The lowest BCUT2D eigenvalue weighted by atomic mass is 10.3. The van der Waals surface area contributed by atoms with Gasteiger partial charge in [0.2, 0.25) is 35.7 Å². The molecule has 0 radical (unpaired) electrons. The van der Waals surface area contributed by atoms with E-state index in [1.54, 1.807) is 42.5 Å². The van der Waals surface area contributed by atoms with E-state index in [0.717, 1.165) is 0 Å². The van der Waals surface area contributed by atoms with Crippen molar-refractivity contribution in [3.8, 4) is 0 Å². The number of nitrogens with zero attached hydrogens (tertiary/aromatic N) is 6. The van der Waals surface area contributed by atoms with Gasteiger partial charge in [-0.05, 0) is 54.6 Å². The molecule has 0 aliphatic heterocycles. The van der Waals surface area contributed by atoms with Crippen LogP contribution in [0.5, 0.6) is 0 Å². The Hall–Kier alpha value is -5.87. The Kier molecular flexibility index (Phi) is 9.65. The van der Waals surface area contributed by atoms with Crippen LogP contribution < -0.4 is 37.6 Å². The standard InChI is InChI=1S/C28H30FN13O2/c29-17-4-1-6-19(14-17)33-25-37-23(31-10-12-43)39-27(41-25)35-21-8-3-9-22(16-21)36-28-40-24(32-11-13-44)38-26(42-28)34-20-7-2-5-18(30)15-20/h1-9,14-16,43-44H,10-13,30H2,(H3,31,33,35,37,39,41)(H3,32,34,36,38,40,42). The molecule has 0 spiro atoms. The summed E-state index contributed by atoms with van der Waals surface area (Å²) in [5, 5.41) is 36.7. The van der Waals surface area contributed by atoms with Crippen LogP contribution in [-0.4, -0.2) is 66.4 Å². The molecule has 5 rings (SSSR count). The third kappa shape index (κ3) is 8.57. The first kappa shape index (κ1) is 29.6. The third-order valence-electron chi connectivity index (χ3n) is 5.66. The van der Waals surface area contributed by atoms with E-state index in [2.05, 4.69) is 61.8 Å². The molecule has 0 aliphatic carbocycles. The second-order valence-electron chi connectivity index (χ2n) is 9.13. The molecular formula is C28H30FN13O2. The number of aliphatic hydroxyl groups is 2. The Labute approximate surface area is 251 Å². The number of nitrogen functional groups attached to an aromatic ring is 1. The van der Waals surface area contributed by atoms with Crippen molar-refractivity contribution in [3.05, 3.63) is 78.6 Å². The zero-order valence-electron chi connectivity index (χ0n) is 23.3. The minimum Gasteiger partial charge on any atom is -0.399 e. The van der Waals surface area contributed by atoms with Gasteiger partial charge in [-0.2, -0.15) is 29.9 Å². The van der Waals surface area contributed by atoms with Gasteiger partial charge in [0.25, 0.3) is 0 Å². The summed E-state index contributed by atoms with van der Waals surface area (Å²) in [6, 6.07) is 20.3. The number of nitrogens with two attached hydrogens (primary N) is 1. The SMILES string of the molecule is Nc1cccc(Nc2nc(NCCO)nc(Nc3cccc(Nc4nc(NCCO)nc(Nc5cccc(F)c5)n4)c3)n2)c1. The summed E-state index contributed by atoms with van der Waals surface area (Å²) in [6.07, 6.45) is 0. The molecule has 0 aliphatic rings. The number of aromatic nitrogens is 6. The summed E-state index contributed by atoms with van der Waals surface area (Å²) in [4.78, 5) is 26.3. The second-order valence-corrected chi connectivity index (χ2v) is 9.13. The summed E-state index contributed by atoms with van der Waals surface area (Å²) in [5.74, 6) is 0.904. The van der Waals surface area contributed by atoms with Gasteiger partial charge in [0.15, 0.2) is 0 Å². The first-order valence-electron chi connectivity index (χ1n) is 13.5. The monoisotopic (exact) mass is 599 g/mol. The van der Waals surface area contributed by atoms with E-state index in [-0.39, 0.29) is 62.0 Å². The highest BCUT2D eigenvalue weighted by molar-refractivity contribution is 5.67. The van der Waals surface area contributed by atoms with E-state index in [4.69, 9.17) is 5.73 Å². The third-order valence-corrected chi connectivity index (χ3v) is 5.66. The van der Waals surface area contributed by atoms with Crippen molar-refractivity contribution in [2.45, 2.75) is 0 Å². The van der Waals surface area contributed by atoms with E-state index in [0.29, 0.717) is 28.4 Å². The highest BCUT2D eigenvalue weighted by Gasteiger charge is 2.11. The molecule has 0 saturated carbocycles. The molecule has 44 heavy (non-hydrogen) atoms. The Balaban J connectivity index is 1.36. The Bertz CT molecular complexity index is 1590. The van der Waals surface area contributed by atoms with Gasteiger partial charge >= 0.3 is 0 Å². The molecule has 0 saturated heterocycles. The van der Waals surface area contributed by atoms with Crippen molar-refractivity contribution < 1.29 is 14.6 Å². The van der Waals surface area contributed by atoms with E-state index < -0.39 is 5.82 Å². The van der Waals surface area contributed by atoms with Gasteiger partial charge in [-0.15, -0.1) is 0 Å². The van der Waals surface area contributed by atoms with Crippen molar-refractivity contribution in [3.63, 3.8) is 0 Å². The van der Waals surface area contributed by atoms with E-state index in [1.165, 1.54) is 12.1 Å². The topological polar surface area (TPSA) is 216 Å². The summed E-state index contributed by atoms with van der Waals surface area (Å²) < 4.78 is 13.7. The normalized spacial score (nSPS) is 10.6. The average molecular weight is 600 g/mol. The number of halogens is 1. The fraction of sp³-hybridized carbons (Fsp3) is 0.143. The zero-order chi connectivity index (χ0) is 30.7. The summed E-state index contributed by atoms with van der Waals surface area (Å²) in [5.41, 5.74) is 8.88. The van der Waals surface area contributed by atoms with Crippen molar-refractivity contribution in [1.82, 2.24) is 29.9 Å². The van der Waals surface area contributed by atoms with Crippen LogP contribution in [0.4, 0.5) is 68.5 Å². The summed E-state index contributed by atoms with van der Waals surface area (Å²) in [7, 11) is 0. The lowest BCUT2D eigenvalue weighted by Crippen LogP contribution is -2.12. The van der Waals surface area contributed by atoms with Gasteiger partial charge in [-0.25, -0.2) is 4.39 Å².